The Morgan fingerprint density at radius 1 is 1.33 bits per heavy atom. The zero-order chi connectivity index (χ0) is 12.9. The van der Waals surface area contributed by atoms with Gasteiger partial charge in [0, 0.05) is 17.2 Å². The first-order valence-corrected chi connectivity index (χ1v) is 5.43. The molecule has 18 heavy (non-hydrogen) atoms. The minimum Gasteiger partial charge on any atom is -0.507 e. The number of phenolic OH excluding ortho intramolecular Hbond substituents is 1. The van der Waals surface area contributed by atoms with Crippen LogP contribution >= 0.6 is 0 Å². The van der Waals surface area contributed by atoms with Crippen LogP contribution in [0.15, 0.2) is 17.9 Å². The van der Waals surface area contributed by atoms with Crippen molar-refractivity contribution in [2.24, 2.45) is 0 Å². The number of aromatic hydroxyl groups is 1. The maximum Gasteiger partial charge on any atom is 0.228 e. The molecule has 1 aliphatic heterocycles. The lowest BCUT2D eigenvalue weighted by molar-refractivity contribution is 0.0915. The molecule has 0 bridgehead atoms. The van der Waals surface area contributed by atoms with Crippen molar-refractivity contribution in [2.45, 2.75) is 13.2 Å². The predicted molar refractivity (Wildman–Crippen MR) is 60.4 cm³/mol. The molecule has 5 heteroatoms. The van der Waals surface area contributed by atoms with Crippen molar-refractivity contribution in [3.63, 3.8) is 0 Å². The van der Waals surface area contributed by atoms with Crippen molar-refractivity contribution in [2.75, 3.05) is 7.11 Å². The quantitative estimate of drug-likeness (QED) is 0.809. The Hall–Kier alpha value is -2.14. The van der Waals surface area contributed by atoms with Crippen LogP contribution in [0.5, 0.6) is 5.75 Å². The van der Waals surface area contributed by atoms with Gasteiger partial charge in [0.05, 0.1) is 25.9 Å². The van der Waals surface area contributed by atoms with E-state index in [4.69, 9.17) is 9.47 Å². The van der Waals surface area contributed by atoms with Crippen LogP contribution in [0, 0.1) is 0 Å². The number of phenols is 1. The smallest absolute Gasteiger partial charge is 0.228 e. The van der Waals surface area contributed by atoms with Crippen LogP contribution in [0.1, 0.15) is 31.8 Å². The summed E-state index contributed by atoms with van der Waals surface area (Å²) in [5.74, 6) is -0.971. The minimum absolute atomic E-state index is 0.00855. The molecule has 0 radical (unpaired) electrons. The number of methoxy groups -OCH3 is 1. The lowest BCUT2D eigenvalue weighted by atomic mass is 9.89. The third kappa shape index (κ3) is 1.31. The third-order valence-corrected chi connectivity index (χ3v) is 3.20. The van der Waals surface area contributed by atoms with E-state index in [2.05, 4.69) is 0 Å². The van der Waals surface area contributed by atoms with Crippen LogP contribution in [0.3, 0.4) is 0 Å². The molecule has 1 aromatic rings. The molecule has 0 fully saturated rings. The second-order valence-electron chi connectivity index (χ2n) is 4.18. The highest BCUT2D eigenvalue weighted by Gasteiger charge is 2.32. The molecule has 0 amide bonds. The van der Waals surface area contributed by atoms with E-state index in [9.17, 15) is 14.7 Å². The summed E-state index contributed by atoms with van der Waals surface area (Å²) in [7, 11) is 1.33. The summed E-state index contributed by atoms with van der Waals surface area (Å²) < 4.78 is 10.1. The van der Waals surface area contributed by atoms with E-state index in [0.717, 1.165) is 11.6 Å². The van der Waals surface area contributed by atoms with Gasteiger partial charge in [-0.1, -0.05) is 0 Å². The Bertz CT molecular complexity index is 612. The predicted octanol–water partition coefficient (Wildman–Crippen LogP) is 1.33. The fourth-order valence-electron chi connectivity index (χ4n) is 2.29. The second-order valence-corrected chi connectivity index (χ2v) is 4.18. The Kier molecular flexibility index (Phi) is 2.24. The Labute approximate surface area is 103 Å². The molecule has 0 spiro atoms. The zero-order valence-corrected chi connectivity index (χ0v) is 9.65. The molecular formula is C13H10O5. The number of carbonyl (C=O) groups excluding carboxylic acids is 2. The van der Waals surface area contributed by atoms with Crippen LogP contribution in [0.25, 0.3) is 0 Å². The maximum atomic E-state index is 12.0. The van der Waals surface area contributed by atoms with Crippen LogP contribution in [-0.4, -0.2) is 23.8 Å². The second kappa shape index (κ2) is 3.68. The number of ether oxygens (including phenoxy) is 2. The largest absolute Gasteiger partial charge is 0.507 e. The van der Waals surface area contributed by atoms with Crippen molar-refractivity contribution >= 4 is 11.6 Å². The number of allylic oxidation sites excluding steroid dienone is 2. The van der Waals surface area contributed by atoms with Crippen molar-refractivity contribution in [3.05, 3.63) is 40.2 Å². The molecule has 1 aromatic carbocycles. The molecule has 0 saturated heterocycles. The fourth-order valence-corrected chi connectivity index (χ4v) is 2.29. The van der Waals surface area contributed by atoms with Crippen LogP contribution < -0.4 is 0 Å². The average molecular weight is 246 g/mol. The lowest BCUT2D eigenvalue weighted by Gasteiger charge is -2.17. The highest BCUT2D eigenvalue weighted by atomic mass is 16.5. The topological polar surface area (TPSA) is 72.8 Å². The van der Waals surface area contributed by atoms with Gasteiger partial charge < -0.3 is 14.6 Å². The molecule has 92 valence electrons. The van der Waals surface area contributed by atoms with E-state index in [1.807, 2.05) is 0 Å². The first-order chi connectivity index (χ1) is 8.63. The van der Waals surface area contributed by atoms with Crippen LogP contribution in [-0.2, 0) is 22.7 Å². The highest BCUT2D eigenvalue weighted by molar-refractivity contribution is 6.25. The summed E-state index contributed by atoms with van der Waals surface area (Å²) in [4.78, 5) is 24.0. The molecule has 3 rings (SSSR count). The Balaban J connectivity index is 2.27. The Morgan fingerprint density at radius 3 is 2.83 bits per heavy atom. The number of hydrogen-bond acceptors (Lipinski definition) is 5. The summed E-state index contributed by atoms with van der Waals surface area (Å²) in [5, 5.41) is 10.1. The third-order valence-electron chi connectivity index (χ3n) is 3.20. The number of hydrogen-bond donors (Lipinski definition) is 1. The molecule has 0 atom stereocenters. The number of rotatable bonds is 1. The van der Waals surface area contributed by atoms with Gasteiger partial charge in [0.1, 0.15) is 5.75 Å². The summed E-state index contributed by atoms with van der Waals surface area (Å²) >= 11 is 0. The summed E-state index contributed by atoms with van der Waals surface area (Å²) in [6, 6.07) is 1.60. The van der Waals surface area contributed by atoms with E-state index in [-0.39, 0.29) is 29.2 Å². The van der Waals surface area contributed by atoms with E-state index in [1.54, 1.807) is 6.07 Å². The van der Waals surface area contributed by atoms with Gasteiger partial charge in [-0.05, 0) is 11.6 Å². The van der Waals surface area contributed by atoms with Crippen molar-refractivity contribution in [1.82, 2.24) is 0 Å². The van der Waals surface area contributed by atoms with Crippen molar-refractivity contribution in [3.8, 4) is 5.75 Å². The monoisotopic (exact) mass is 246 g/mol. The first kappa shape index (κ1) is 11.0. The molecule has 1 N–H and O–H groups in total. The molecule has 0 saturated carbocycles. The van der Waals surface area contributed by atoms with Gasteiger partial charge in [-0.3, -0.25) is 9.59 Å². The van der Waals surface area contributed by atoms with Crippen molar-refractivity contribution < 1.29 is 24.2 Å². The van der Waals surface area contributed by atoms with Crippen LogP contribution in [0.2, 0.25) is 0 Å². The van der Waals surface area contributed by atoms with Gasteiger partial charge in [0.2, 0.25) is 5.78 Å². The van der Waals surface area contributed by atoms with Crippen molar-refractivity contribution in [1.29, 1.82) is 0 Å². The minimum atomic E-state index is -0.423. The van der Waals surface area contributed by atoms with Gasteiger partial charge >= 0.3 is 0 Å². The highest BCUT2D eigenvalue weighted by Crippen LogP contribution is 2.37. The summed E-state index contributed by atoms with van der Waals surface area (Å²) in [5.41, 5.74) is 1.56. The molecule has 2 aliphatic rings. The van der Waals surface area contributed by atoms with E-state index < -0.39 is 11.6 Å². The average Bonchev–Trinajstić information content (AvgIpc) is 2.82. The van der Waals surface area contributed by atoms with Gasteiger partial charge in [-0.25, -0.2) is 0 Å². The lowest BCUT2D eigenvalue weighted by Crippen LogP contribution is -2.19. The maximum absolute atomic E-state index is 12.0. The Morgan fingerprint density at radius 2 is 2.11 bits per heavy atom. The molecule has 0 unspecified atom stereocenters. The molecule has 1 heterocycles. The molecular weight excluding hydrogens is 236 g/mol. The molecule has 1 aliphatic carbocycles. The summed E-state index contributed by atoms with van der Waals surface area (Å²) in [6.07, 6.45) is 1.10. The van der Waals surface area contributed by atoms with E-state index >= 15 is 0 Å². The number of carbonyl (C=O) groups is 2. The summed E-state index contributed by atoms with van der Waals surface area (Å²) in [6.45, 7) is 0.598. The fraction of sp³-hybridized carbons (Fsp3) is 0.231. The number of fused-ring (bicyclic) bond motifs is 2. The SMILES string of the molecule is COC1=CC(=O)c2c(cc3c(c2O)COC3)C1=O. The van der Waals surface area contributed by atoms with Gasteiger partial charge in [0.15, 0.2) is 11.5 Å². The number of Topliss-reactive ketones (excluding diaryl/α,β-unsaturated/α-hetero) is 1. The standard InChI is InChI=1S/C13H10O5/c1-17-10-3-9(14)11-7(12(10)15)2-6-4-18-5-8(6)13(11)16/h2-3,16H,4-5H2,1H3. The molecule has 0 aromatic heterocycles. The van der Waals surface area contributed by atoms with Crippen LogP contribution in [0.4, 0.5) is 0 Å². The number of ketones is 2. The zero-order valence-electron chi connectivity index (χ0n) is 9.65. The normalized spacial score (nSPS) is 17.3. The van der Waals surface area contributed by atoms with E-state index in [1.165, 1.54) is 7.11 Å². The molecule has 5 nitrogen and oxygen atoms in total. The van der Waals surface area contributed by atoms with E-state index in [0.29, 0.717) is 12.2 Å². The first-order valence-electron chi connectivity index (χ1n) is 5.43. The van der Waals surface area contributed by atoms with Gasteiger partial charge in [0.25, 0.3) is 0 Å². The van der Waals surface area contributed by atoms with Gasteiger partial charge in [-0.15, -0.1) is 0 Å². The number of benzene rings is 1. The van der Waals surface area contributed by atoms with Gasteiger partial charge in [-0.2, -0.15) is 0 Å².